The van der Waals surface area contributed by atoms with E-state index in [9.17, 15) is 15.0 Å². The molecule has 0 aliphatic heterocycles. The third-order valence-electron chi connectivity index (χ3n) is 2.98. The van der Waals surface area contributed by atoms with E-state index in [-0.39, 0.29) is 24.0 Å². The number of aromatic hydroxyl groups is 2. The Morgan fingerprint density at radius 3 is 2.64 bits per heavy atom. The van der Waals surface area contributed by atoms with Gasteiger partial charge < -0.3 is 15.1 Å². The lowest BCUT2D eigenvalue weighted by Gasteiger charge is -2.17. The standard InChI is InChI=1S/C16H17N3O3/c1-19(13-5-3-2-4-6-13)11-16(22)18-17-10-12-7-8-14(20)9-15(12)21/h2-10,20-21H,11H2,1H3,(H,18,22). The van der Waals surface area contributed by atoms with Gasteiger partial charge in [-0.25, -0.2) is 5.43 Å². The summed E-state index contributed by atoms with van der Waals surface area (Å²) in [5.41, 5.74) is 3.72. The molecule has 6 nitrogen and oxygen atoms in total. The third kappa shape index (κ3) is 4.24. The molecule has 0 fully saturated rings. The van der Waals surface area contributed by atoms with Crippen LogP contribution in [0.5, 0.6) is 11.5 Å². The van der Waals surface area contributed by atoms with Crippen molar-refractivity contribution in [2.24, 2.45) is 5.10 Å². The summed E-state index contributed by atoms with van der Waals surface area (Å²) in [6.45, 7) is 0.156. The third-order valence-corrected chi connectivity index (χ3v) is 2.98. The summed E-state index contributed by atoms with van der Waals surface area (Å²) < 4.78 is 0. The highest BCUT2D eigenvalue weighted by molar-refractivity contribution is 5.86. The van der Waals surface area contributed by atoms with Gasteiger partial charge in [-0.3, -0.25) is 4.79 Å². The van der Waals surface area contributed by atoms with E-state index in [0.717, 1.165) is 5.69 Å². The van der Waals surface area contributed by atoms with Gasteiger partial charge in [0, 0.05) is 24.4 Å². The summed E-state index contributed by atoms with van der Waals surface area (Å²) in [7, 11) is 1.81. The first-order chi connectivity index (χ1) is 10.6. The fourth-order valence-electron chi connectivity index (χ4n) is 1.84. The molecular formula is C16H17N3O3. The van der Waals surface area contributed by atoms with Crippen molar-refractivity contribution in [1.82, 2.24) is 5.43 Å². The van der Waals surface area contributed by atoms with Crippen molar-refractivity contribution in [2.75, 3.05) is 18.5 Å². The first kappa shape index (κ1) is 15.4. The van der Waals surface area contributed by atoms with Crippen LogP contribution in [-0.4, -0.2) is 35.9 Å². The minimum atomic E-state index is -0.277. The lowest BCUT2D eigenvalue weighted by molar-refractivity contribution is -0.119. The molecule has 0 saturated heterocycles. The predicted octanol–water partition coefficient (Wildman–Crippen LogP) is 1.68. The lowest BCUT2D eigenvalue weighted by atomic mass is 10.2. The number of phenols is 2. The van der Waals surface area contributed by atoms with E-state index in [2.05, 4.69) is 10.5 Å². The Balaban J connectivity index is 1.88. The smallest absolute Gasteiger partial charge is 0.259 e. The van der Waals surface area contributed by atoms with Crippen molar-refractivity contribution >= 4 is 17.8 Å². The number of amides is 1. The molecule has 3 N–H and O–H groups in total. The van der Waals surface area contributed by atoms with E-state index < -0.39 is 0 Å². The number of hydrogen-bond donors (Lipinski definition) is 3. The summed E-state index contributed by atoms with van der Waals surface area (Å²) in [4.78, 5) is 13.6. The molecule has 2 aromatic rings. The van der Waals surface area contributed by atoms with Crippen LogP contribution in [0.25, 0.3) is 0 Å². The Morgan fingerprint density at radius 1 is 1.23 bits per heavy atom. The van der Waals surface area contributed by atoms with Crippen molar-refractivity contribution in [3.05, 3.63) is 54.1 Å². The number of carbonyl (C=O) groups excluding carboxylic acids is 1. The van der Waals surface area contributed by atoms with Gasteiger partial charge in [-0.2, -0.15) is 5.10 Å². The molecule has 1 amide bonds. The maximum Gasteiger partial charge on any atom is 0.259 e. The van der Waals surface area contributed by atoms with Crippen LogP contribution in [0.4, 0.5) is 5.69 Å². The Bertz CT molecular complexity index is 672. The predicted molar refractivity (Wildman–Crippen MR) is 85.2 cm³/mol. The van der Waals surface area contributed by atoms with E-state index >= 15 is 0 Å². The number of likely N-dealkylation sites (N-methyl/N-ethyl adjacent to an activating group) is 1. The Labute approximate surface area is 128 Å². The molecule has 2 aromatic carbocycles. The summed E-state index contributed by atoms with van der Waals surface area (Å²) in [5, 5.41) is 22.5. The fourth-order valence-corrected chi connectivity index (χ4v) is 1.84. The monoisotopic (exact) mass is 299 g/mol. The van der Waals surface area contributed by atoms with Gasteiger partial charge in [0.15, 0.2) is 0 Å². The second-order valence-electron chi connectivity index (χ2n) is 4.73. The molecule has 114 valence electrons. The molecule has 0 heterocycles. The van der Waals surface area contributed by atoms with Crippen LogP contribution < -0.4 is 10.3 Å². The number of hydrogen-bond acceptors (Lipinski definition) is 5. The number of anilines is 1. The van der Waals surface area contributed by atoms with Gasteiger partial charge in [-0.1, -0.05) is 18.2 Å². The number of phenolic OH excluding ortho intramolecular Hbond substituents is 2. The van der Waals surface area contributed by atoms with Gasteiger partial charge in [0.05, 0.1) is 12.8 Å². The van der Waals surface area contributed by atoms with Crippen LogP contribution in [0.1, 0.15) is 5.56 Å². The van der Waals surface area contributed by atoms with Crippen LogP contribution in [-0.2, 0) is 4.79 Å². The van der Waals surface area contributed by atoms with Gasteiger partial charge in [0.25, 0.3) is 5.91 Å². The SMILES string of the molecule is CN(CC(=O)NN=Cc1ccc(O)cc1O)c1ccccc1. The highest BCUT2D eigenvalue weighted by Gasteiger charge is 2.06. The number of rotatable bonds is 5. The molecule has 0 atom stereocenters. The zero-order chi connectivity index (χ0) is 15.9. The second kappa shape index (κ2) is 7.12. The van der Waals surface area contributed by atoms with E-state index in [1.807, 2.05) is 37.4 Å². The molecule has 0 spiro atoms. The van der Waals surface area contributed by atoms with Gasteiger partial charge >= 0.3 is 0 Å². The zero-order valence-corrected chi connectivity index (χ0v) is 12.1. The number of nitrogens with zero attached hydrogens (tertiary/aromatic N) is 2. The molecule has 0 unspecified atom stereocenters. The molecular weight excluding hydrogens is 282 g/mol. The summed E-state index contributed by atoms with van der Waals surface area (Å²) >= 11 is 0. The summed E-state index contributed by atoms with van der Waals surface area (Å²) in [6, 6.07) is 13.6. The molecule has 22 heavy (non-hydrogen) atoms. The molecule has 0 aromatic heterocycles. The first-order valence-corrected chi connectivity index (χ1v) is 6.66. The van der Waals surface area contributed by atoms with Gasteiger partial charge in [0.2, 0.25) is 0 Å². The van der Waals surface area contributed by atoms with Gasteiger partial charge in [-0.15, -0.1) is 0 Å². The van der Waals surface area contributed by atoms with Gasteiger partial charge in [-0.05, 0) is 24.3 Å². The van der Waals surface area contributed by atoms with E-state index in [1.165, 1.54) is 24.4 Å². The van der Waals surface area contributed by atoms with Crippen molar-refractivity contribution in [2.45, 2.75) is 0 Å². The summed E-state index contributed by atoms with van der Waals surface area (Å²) in [5.74, 6) is -0.427. The van der Waals surface area contributed by atoms with Crippen molar-refractivity contribution in [3.63, 3.8) is 0 Å². The largest absolute Gasteiger partial charge is 0.508 e. The normalized spacial score (nSPS) is 10.6. The Morgan fingerprint density at radius 2 is 1.95 bits per heavy atom. The Kier molecular flexibility index (Phi) is 4.98. The molecule has 0 aliphatic carbocycles. The topological polar surface area (TPSA) is 85.2 Å². The molecule has 0 aliphatic rings. The molecule has 0 saturated carbocycles. The van der Waals surface area contributed by atoms with E-state index in [0.29, 0.717) is 5.56 Å². The average Bonchev–Trinajstić information content (AvgIpc) is 2.50. The van der Waals surface area contributed by atoms with Crippen LogP contribution in [0.3, 0.4) is 0 Å². The van der Waals surface area contributed by atoms with E-state index in [1.54, 1.807) is 4.90 Å². The highest BCUT2D eigenvalue weighted by atomic mass is 16.3. The minimum absolute atomic E-state index is 0.0387. The molecule has 2 rings (SSSR count). The fraction of sp³-hybridized carbons (Fsp3) is 0.125. The minimum Gasteiger partial charge on any atom is -0.508 e. The van der Waals surface area contributed by atoms with Crippen LogP contribution in [0.15, 0.2) is 53.6 Å². The number of nitrogens with one attached hydrogen (secondary N) is 1. The quantitative estimate of drug-likeness (QED) is 0.579. The van der Waals surface area contributed by atoms with Crippen LogP contribution >= 0.6 is 0 Å². The van der Waals surface area contributed by atoms with Crippen molar-refractivity contribution in [1.29, 1.82) is 0 Å². The van der Waals surface area contributed by atoms with Crippen LogP contribution in [0.2, 0.25) is 0 Å². The lowest BCUT2D eigenvalue weighted by Crippen LogP contribution is -2.32. The number of para-hydroxylation sites is 1. The first-order valence-electron chi connectivity index (χ1n) is 6.66. The van der Waals surface area contributed by atoms with E-state index in [4.69, 9.17) is 0 Å². The van der Waals surface area contributed by atoms with Crippen molar-refractivity contribution < 1.29 is 15.0 Å². The molecule has 0 radical (unpaired) electrons. The highest BCUT2D eigenvalue weighted by Crippen LogP contribution is 2.20. The van der Waals surface area contributed by atoms with Crippen LogP contribution in [0, 0.1) is 0 Å². The number of benzene rings is 2. The maximum atomic E-state index is 11.8. The molecule has 0 bridgehead atoms. The number of carbonyl (C=O) groups is 1. The molecule has 6 heteroatoms. The zero-order valence-electron chi connectivity index (χ0n) is 12.1. The average molecular weight is 299 g/mol. The second-order valence-corrected chi connectivity index (χ2v) is 4.73. The summed E-state index contributed by atoms with van der Waals surface area (Å²) in [6.07, 6.45) is 1.31. The number of hydrazone groups is 1. The van der Waals surface area contributed by atoms with Crippen molar-refractivity contribution in [3.8, 4) is 11.5 Å². The Hall–Kier alpha value is -3.02. The maximum absolute atomic E-state index is 11.8. The van der Waals surface area contributed by atoms with Gasteiger partial charge in [0.1, 0.15) is 11.5 Å².